The summed E-state index contributed by atoms with van der Waals surface area (Å²) < 4.78 is 2.43. The molecule has 1 aromatic heterocycles. The molecule has 0 N–H and O–H groups in total. The van der Waals surface area contributed by atoms with Crippen molar-refractivity contribution in [3.8, 4) is 27.9 Å². The number of nitrogens with zero attached hydrogens (tertiary/aromatic N) is 1. The molecule has 0 bridgehead atoms. The van der Waals surface area contributed by atoms with Gasteiger partial charge in [-0.15, -0.1) is 0 Å². The largest absolute Gasteiger partial charge is 0.309 e. The fourth-order valence-corrected chi connectivity index (χ4v) is 6.05. The first-order chi connectivity index (χ1) is 19.3. The molecule has 8 aromatic rings. The van der Waals surface area contributed by atoms with Crippen molar-refractivity contribution in [3.63, 3.8) is 0 Å². The van der Waals surface area contributed by atoms with Crippen molar-refractivity contribution in [1.82, 2.24) is 4.57 Å². The highest BCUT2D eigenvalue weighted by molar-refractivity contribution is 6.21. The molecule has 0 unspecified atom stereocenters. The van der Waals surface area contributed by atoms with E-state index in [-0.39, 0.29) is 0 Å². The van der Waals surface area contributed by atoms with Gasteiger partial charge >= 0.3 is 0 Å². The summed E-state index contributed by atoms with van der Waals surface area (Å²) in [6.45, 7) is 0. The van der Waals surface area contributed by atoms with Crippen LogP contribution in [0.5, 0.6) is 0 Å². The van der Waals surface area contributed by atoms with E-state index in [4.69, 9.17) is 0 Å². The van der Waals surface area contributed by atoms with Crippen molar-refractivity contribution in [3.05, 3.63) is 152 Å². The number of benzene rings is 7. The molecule has 1 heterocycles. The van der Waals surface area contributed by atoms with Crippen LogP contribution in [0.4, 0.5) is 0 Å². The standard InChI is InChI=1S/C38H25N/c1-2-8-26(9-3-1)28-16-20-33(21-17-28)39-36-23-19-29-11-6-7-13-34(29)38(36)35-22-18-32(25-37(35)39)31-15-14-27-10-4-5-12-30(27)24-31/h1-25H. The van der Waals surface area contributed by atoms with Gasteiger partial charge in [0.25, 0.3) is 0 Å². The monoisotopic (exact) mass is 495 g/mol. The molecule has 0 fully saturated rings. The van der Waals surface area contributed by atoms with Crippen LogP contribution in [0.3, 0.4) is 0 Å². The van der Waals surface area contributed by atoms with Gasteiger partial charge in [0, 0.05) is 16.5 Å². The molecular weight excluding hydrogens is 470 g/mol. The molecular formula is C38H25N. The van der Waals surface area contributed by atoms with Crippen LogP contribution < -0.4 is 0 Å². The molecule has 0 aliphatic carbocycles. The van der Waals surface area contributed by atoms with Gasteiger partial charge in [-0.2, -0.15) is 0 Å². The Morgan fingerprint density at radius 3 is 1.79 bits per heavy atom. The number of hydrogen-bond acceptors (Lipinski definition) is 0. The maximum atomic E-state index is 2.43. The van der Waals surface area contributed by atoms with Crippen molar-refractivity contribution in [1.29, 1.82) is 0 Å². The predicted molar refractivity (Wildman–Crippen MR) is 167 cm³/mol. The topological polar surface area (TPSA) is 4.93 Å². The third-order valence-electron chi connectivity index (χ3n) is 7.97. The van der Waals surface area contributed by atoms with E-state index in [0.717, 1.165) is 0 Å². The minimum atomic E-state index is 1.17. The van der Waals surface area contributed by atoms with Gasteiger partial charge in [-0.05, 0) is 74.1 Å². The number of hydrogen-bond donors (Lipinski definition) is 0. The average Bonchev–Trinajstić information content (AvgIpc) is 3.35. The van der Waals surface area contributed by atoms with Crippen molar-refractivity contribution in [2.45, 2.75) is 0 Å². The van der Waals surface area contributed by atoms with Crippen LogP contribution in [-0.4, -0.2) is 4.57 Å². The van der Waals surface area contributed by atoms with E-state index in [1.165, 1.54) is 71.3 Å². The molecule has 0 aliphatic rings. The Kier molecular flexibility index (Phi) is 4.89. The molecule has 182 valence electrons. The highest BCUT2D eigenvalue weighted by atomic mass is 15.0. The summed E-state index contributed by atoms with van der Waals surface area (Å²) in [7, 11) is 0. The van der Waals surface area contributed by atoms with Gasteiger partial charge in [0.1, 0.15) is 0 Å². The quantitative estimate of drug-likeness (QED) is 0.230. The average molecular weight is 496 g/mol. The van der Waals surface area contributed by atoms with Crippen LogP contribution >= 0.6 is 0 Å². The summed E-state index contributed by atoms with van der Waals surface area (Å²) in [5.41, 5.74) is 8.53. The summed E-state index contributed by atoms with van der Waals surface area (Å²) in [4.78, 5) is 0. The molecule has 1 nitrogen and oxygen atoms in total. The first kappa shape index (κ1) is 21.9. The number of rotatable bonds is 3. The fourth-order valence-electron chi connectivity index (χ4n) is 6.05. The molecule has 0 radical (unpaired) electrons. The van der Waals surface area contributed by atoms with Crippen LogP contribution in [0, 0.1) is 0 Å². The third kappa shape index (κ3) is 3.55. The highest BCUT2D eigenvalue weighted by Crippen LogP contribution is 2.39. The van der Waals surface area contributed by atoms with E-state index in [9.17, 15) is 0 Å². The lowest BCUT2D eigenvalue weighted by Crippen LogP contribution is -1.94. The van der Waals surface area contributed by atoms with E-state index < -0.39 is 0 Å². The Hall–Kier alpha value is -5.14. The molecule has 39 heavy (non-hydrogen) atoms. The smallest absolute Gasteiger partial charge is 0.0547 e. The summed E-state index contributed by atoms with van der Waals surface area (Å²) in [6, 6.07) is 55.0. The Balaban J connectivity index is 1.39. The zero-order chi connectivity index (χ0) is 25.8. The fraction of sp³-hybridized carbons (Fsp3) is 0. The zero-order valence-corrected chi connectivity index (χ0v) is 21.4. The second-order valence-corrected chi connectivity index (χ2v) is 10.2. The first-order valence-electron chi connectivity index (χ1n) is 13.4. The number of aromatic nitrogens is 1. The van der Waals surface area contributed by atoms with Gasteiger partial charge in [-0.3, -0.25) is 0 Å². The lowest BCUT2D eigenvalue weighted by atomic mass is 9.99. The second kappa shape index (κ2) is 8.72. The lowest BCUT2D eigenvalue weighted by molar-refractivity contribution is 1.18. The Morgan fingerprint density at radius 1 is 0.333 bits per heavy atom. The van der Waals surface area contributed by atoms with Gasteiger partial charge < -0.3 is 4.57 Å². The molecule has 0 amide bonds. The minimum Gasteiger partial charge on any atom is -0.309 e. The Labute approximate surface area is 227 Å². The van der Waals surface area contributed by atoms with E-state index in [1.54, 1.807) is 0 Å². The predicted octanol–water partition coefficient (Wildman–Crippen LogP) is 10.4. The van der Waals surface area contributed by atoms with Crippen molar-refractivity contribution in [2.24, 2.45) is 0 Å². The normalized spacial score (nSPS) is 11.6. The summed E-state index contributed by atoms with van der Waals surface area (Å²) >= 11 is 0. The van der Waals surface area contributed by atoms with Crippen LogP contribution in [0.1, 0.15) is 0 Å². The second-order valence-electron chi connectivity index (χ2n) is 10.2. The highest BCUT2D eigenvalue weighted by Gasteiger charge is 2.16. The minimum absolute atomic E-state index is 1.17. The Morgan fingerprint density at radius 2 is 0.949 bits per heavy atom. The molecule has 7 aromatic carbocycles. The van der Waals surface area contributed by atoms with Crippen molar-refractivity contribution in [2.75, 3.05) is 0 Å². The molecule has 0 aliphatic heterocycles. The Bertz CT molecular complexity index is 2150. The van der Waals surface area contributed by atoms with Crippen LogP contribution in [0.25, 0.3) is 71.3 Å². The maximum Gasteiger partial charge on any atom is 0.0547 e. The van der Waals surface area contributed by atoms with Gasteiger partial charge in [-0.1, -0.05) is 121 Å². The first-order valence-corrected chi connectivity index (χ1v) is 13.4. The summed E-state index contributed by atoms with van der Waals surface area (Å²) in [6.07, 6.45) is 0. The summed E-state index contributed by atoms with van der Waals surface area (Å²) in [5, 5.41) is 7.67. The lowest BCUT2D eigenvalue weighted by Gasteiger charge is -2.11. The van der Waals surface area contributed by atoms with Gasteiger partial charge in [0.15, 0.2) is 0 Å². The van der Waals surface area contributed by atoms with Crippen LogP contribution in [0.15, 0.2) is 152 Å². The SMILES string of the molecule is c1ccc(-c2ccc(-n3c4cc(-c5ccc6ccccc6c5)ccc4c4c5ccccc5ccc43)cc2)cc1. The molecule has 0 atom stereocenters. The van der Waals surface area contributed by atoms with Crippen molar-refractivity contribution >= 4 is 43.4 Å². The van der Waals surface area contributed by atoms with Crippen molar-refractivity contribution < 1.29 is 0 Å². The molecule has 8 rings (SSSR count). The molecule has 0 saturated carbocycles. The number of fused-ring (bicyclic) bond motifs is 6. The van der Waals surface area contributed by atoms with E-state index in [0.29, 0.717) is 0 Å². The van der Waals surface area contributed by atoms with Gasteiger partial charge in [-0.25, -0.2) is 0 Å². The van der Waals surface area contributed by atoms with Crippen LogP contribution in [0.2, 0.25) is 0 Å². The van der Waals surface area contributed by atoms with Gasteiger partial charge in [0.05, 0.1) is 11.0 Å². The zero-order valence-electron chi connectivity index (χ0n) is 21.4. The van der Waals surface area contributed by atoms with Gasteiger partial charge in [0.2, 0.25) is 0 Å². The maximum absolute atomic E-state index is 2.43. The molecule has 0 spiro atoms. The van der Waals surface area contributed by atoms with Crippen LogP contribution in [-0.2, 0) is 0 Å². The molecule has 0 saturated heterocycles. The molecule has 1 heteroatoms. The third-order valence-corrected chi connectivity index (χ3v) is 7.97. The van der Waals surface area contributed by atoms with E-state index in [1.807, 2.05) is 0 Å². The van der Waals surface area contributed by atoms with E-state index in [2.05, 4.69) is 156 Å². The summed E-state index contributed by atoms with van der Waals surface area (Å²) in [5.74, 6) is 0. The van der Waals surface area contributed by atoms with E-state index >= 15 is 0 Å².